The molecule has 0 aliphatic rings. The number of ether oxygens (including phenoxy) is 1. The molecule has 0 saturated carbocycles. The number of aliphatic hydroxyl groups is 1. The SMILES string of the molecule is OC(CNc1cc(Br)ccc1Br)COc1cccc(Cl)c1. The monoisotopic (exact) mass is 433 g/mol. The highest BCUT2D eigenvalue weighted by atomic mass is 79.9. The second-order valence-corrected chi connectivity index (χ2v) is 6.63. The molecule has 0 heterocycles. The van der Waals surface area contributed by atoms with Crippen LogP contribution >= 0.6 is 43.5 Å². The van der Waals surface area contributed by atoms with Gasteiger partial charge in [-0.3, -0.25) is 0 Å². The molecular formula is C15H14Br2ClNO2. The Morgan fingerprint density at radius 1 is 1.19 bits per heavy atom. The standard InChI is InChI=1S/C15H14Br2ClNO2/c16-10-4-5-14(17)15(6-10)19-8-12(20)9-21-13-3-1-2-11(18)7-13/h1-7,12,19-20H,8-9H2. The Bertz CT molecular complexity index is 610. The van der Waals surface area contributed by atoms with Gasteiger partial charge in [0.15, 0.2) is 0 Å². The number of hydrogen-bond donors (Lipinski definition) is 2. The van der Waals surface area contributed by atoms with Crippen molar-refractivity contribution >= 4 is 49.1 Å². The summed E-state index contributed by atoms with van der Waals surface area (Å²) >= 11 is 12.7. The molecule has 2 aromatic rings. The molecule has 0 bridgehead atoms. The highest BCUT2D eigenvalue weighted by Crippen LogP contribution is 2.26. The first-order chi connectivity index (χ1) is 10.0. The third kappa shape index (κ3) is 5.51. The van der Waals surface area contributed by atoms with E-state index >= 15 is 0 Å². The molecule has 0 fully saturated rings. The number of aliphatic hydroxyl groups excluding tert-OH is 1. The van der Waals surface area contributed by atoms with Crippen molar-refractivity contribution in [3.8, 4) is 5.75 Å². The largest absolute Gasteiger partial charge is 0.491 e. The molecule has 0 radical (unpaired) electrons. The highest BCUT2D eigenvalue weighted by Gasteiger charge is 2.07. The lowest BCUT2D eigenvalue weighted by Crippen LogP contribution is -2.26. The second kappa shape index (κ2) is 8.03. The van der Waals surface area contributed by atoms with Crippen LogP contribution in [0.1, 0.15) is 0 Å². The van der Waals surface area contributed by atoms with E-state index in [-0.39, 0.29) is 6.61 Å². The minimum absolute atomic E-state index is 0.193. The average molecular weight is 436 g/mol. The molecule has 2 N–H and O–H groups in total. The summed E-state index contributed by atoms with van der Waals surface area (Å²) in [4.78, 5) is 0. The van der Waals surface area contributed by atoms with Gasteiger partial charge in [-0.2, -0.15) is 0 Å². The van der Waals surface area contributed by atoms with Gasteiger partial charge in [0.1, 0.15) is 18.5 Å². The third-order valence-corrected chi connectivity index (χ3v) is 4.11. The Labute approximate surface area is 145 Å². The van der Waals surface area contributed by atoms with Gasteiger partial charge in [0.05, 0.1) is 0 Å². The molecule has 21 heavy (non-hydrogen) atoms. The number of anilines is 1. The minimum Gasteiger partial charge on any atom is -0.491 e. The first kappa shape index (κ1) is 16.6. The zero-order chi connectivity index (χ0) is 15.2. The molecule has 0 aliphatic heterocycles. The first-order valence-electron chi connectivity index (χ1n) is 6.30. The summed E-state index contributed by atoms with van der Waals surface area (Å²) in [5.74, 6) is 0.644. The maximum Gasteiger partial charge on any atom is 0.120 e. The van der Waals surface area contributed by atoms with Crippen LogP contribution in [0.25, 0.3) is 0 Å². The van der Waals surface area contributed by atoms with Crippen LogP contribution in [-0.2, 0) is 0 Å². The van der Waals surface area contributed by atoms with E-state index in [1.54, 1.807) is 24.3 Å². The van der Waals surface area contributed by atoms with E-state index in [1.165, 1.54) is 0 Å². The van der Waals surface area contributed by atoms with Gasteiger partial charge in [0.25, 0.3) is 0 Å². The van der Waals surface area contributed by atoms with Crippen molar-refractivity contribution in [3.63, 3.8) is 0 Å². The van der Waals surface area contributed by atoms with E-state index in [9.17, 15) is 5.11 Å². The lowest BCUT2D eigenvalue weighted by Gasteiger charge is -2.15. The summed E-state index contributed by atoms with van der Waals surface area (Å²) in [5.41, 5.74) is 0.909. The van der Waals surface area contributed by atoms with Gasteiger partial charge in [-0.05, 0) is 52.3 Å². The molecule has 1 atom stereocenters. The fourth-order valence-corrected chi connectivity index (χ4v) is 2.60. The summed E-state index contributed by atoms with van der Waals surface area (Å²) in [6.07, 6.45) is -0.630. The number of halogens is 3. The zero-order valence-electron chi connectivity index (χ0n) is 11.0. The van der Waals surface area contributed by atoms with Crippen LogP contribution < -0.4 is 10.1 Å². The summed E-state index contributed by atoms with van der Waals surface area (Å²) < 4.78 is 7.40. The number of hydrogen-bond acceptors (Lipinski definition) is 3. The lowest BCUT2D eigenvalue weighted by atomic mass is 10.3. The molecule has 2 rings (SSSR count). The van der Waals surface area contributed by atoms with Gasteiger partial charge in [-0.25, -0.2) is 0 Å². The number of rotatable bonds is 6. The Kier molecular flexibility index (Phi) is 6.36. The van der Waals surface area contributed by atoms with Crippen LogP contribution in [0.5, 0.6) is 5.75 Å². The van der Waals surface area contributed by atoms with Crippen LogP contribution in [0.3, 0.4) is 0 Å². The van der Waals surface area contributed by atoms with Crippen molar-refractivity contribution in [2.45, 2.75) is 6.10 Å². The van der Waals surface area contributed by atoms with E-state index in [0.29, 0.717) is 17.3 Å². The van der Waals surface area contributed by atoms with Crippen LogP contribution in [-0.4, -0.2) is 24.4 Å². The Morgan fingerprint density at radius 2 is 2.00 bits per heavy atom. The van der Waals surface area contributed by atoms with Gasteiger partial charge in [-0.1, -0.05) is 33.6 Å². The highest BCUT2D eigenvalue weighted by molar-refractivity contribution is 9.11. The summed E-state index contributed by atoms with van der Waals surface area (Å²) in [7, 11) is 0. The third-order valence-electron chi connectivity index (χ3n) is 2.70. The van der Waals surface area contributed by atoms with Crippen LogP contribution in [0.15, 0.2) is 51.4 Å². The molecule has 0 spiro atoms. The summed E-state index contributed by atoms with van der Waals surface area (Å²) in [5, 5.41) is 13.7. The quantitative estimate of drug-likeness (QED) is 0.690. The molecule has 112 valence electrons. The molecule has 0 amide bonds. The van der Waals surface area contributed by atoms with E-state index in [1.807, 2.05) is 18.2 Å². The summed E-state index contributed by atoms with van der Waals surface area (Å²) in [6.45, 7) is 0.578. The van der Waals surface area contributed by atoms with Crippen molar-refractivity contribution < 1.29 is 9.84 Å². The molecule has 6 heteroatoms. The van der Waals surface area contributed by atoms with Crippen molar-refractivity contribution in [2.75, 3.05) is 18.5 Å². The van der Waals surface area contributed by atoms with Crippen LogP contribution in [0, 0.1) is 0 Å². The van der Waals surface area contributed by atoms with E-state index in [4.69, 9.17) is 16.3 Å². The second-order valence-electron chi connectivity index (χ2n) is 4.43. The van der Waals surface area contributed by atoms with Crippen molar-refractivity contribution in [1.29, 1.82) is 0 Å². The zero-order valence-corrected chi connectivity index (χ0v) is 15.0. The van der Waals surface area contributed by atoms with Gasteiger partial charge in [0.2, 0.25) is 0 Å². The maximum absolute atomic E-state index is 9.95. The molecule has 0 saturated heterocycles. The van der Waals surface area contributed by atoms with E-state index in [2.05, 4.69) is 37.2 Å². The molecule has 0 aromatic heterocycles. The maximum atomic E-state index is 9.95. The number of benzene rings is 2. The van der Waals surface area contributed by atoms with Crippen LogP contribution in [0.4, 0.5) is 5.69 Å². The Hall–Kier alpha value is -0.750. The first-order valence-corrected chi connectivity index (χ1v) is 8.26. The normalized spacial score (nSPS) is 12.0. The van der Waals surface area contributed by atoms with Crippen molar-refractivity contribution in [2.24, 2.45) is 0 Å². The van der Waals surface area contributed by atoms with Crippen LogP contribution in [0.2, 0.25) is 5.02 Å². The molecule has 3 nitrogen and oxygen atoms in total. The smallest absolute Gasteiger partial charge is 0.120 e. The minimum atomic E-state index is -0.630. The molecule has 2 aromatic carbocycles. The predicted molar refractivity (Wildman–Crippen MR) is 93.3 cm³/mol. The van der Waals surface area contributed by atoms with Gasteiger partial charge < -0.3 is 15.2 Å². The molecule has 1 unspecified atom stereocenters. The fraction of sp³-hybridized carbons (Fsp3) is 0.200. The predicted octanol–water partition coefficient (Wildman–Crippen LogP) is 4.72. The molecule has 0 aliphatic carbocycles. The van der Waals surface area contributed by atoms with Crippen molar-refractivity contribution in [1.82, 2.24) is 0 Å². The Morgan fingerprint density at radius 3 is 2.76 bits per heavy atom. The number of nitrogens with one attached hydrogen (secondary N) is 1. The molecular weight excluding hydrogens is 421 g/mol. The lowest BCUT2D eigenvalue weighted by molar-refractivity contribution is 0.117. The van der Waals surface area contributed by atoms with Crippen molar-refractivity contribution in [3.05, 3.63) is 56.4 Å². The summed E-state index contributed by atoms with van der Waals surface area (Å²) in [6, 6.07) is 12.9. The van der Waals surface area contributed by atoms with Gasteiger partial charge in [0, 0.05) is 26.2 Å². The van der Waals surface area contributed by atoms with Gasteiger partial charge >= 0.3 is 0 Å². The van der Waals surface area contributed by atoms with E-state index in [0.717, 1.165) is 14.6 Å². The Balaban J connectivity index is 1.82. The van der Waals surface area contributed by atoms with E-state index < -0.39 is 6.10 Å². The topological polar surface area (TPSA) is 41.5 Å². The van der Waals surface area contributed by atoms with Gasteiger partial charge in [-0.15, -0.1) is 0 Å². The average Bonchev–Trinajstić information content (AvgIpc) is 2.46. The fourth-order valence-electron chi connectivity index (χ4n) is 1.67.